The van der Waals surface area contributed by atoms with Crippen LogP contribution >= 0.6 is 0 Å². The minimum absolute atomic E-state index is 0.959. The number of rotatable bonds is 32. The fourth-order valence-electron chi connectivity index (χ4n) is 6.15. The second-order valence-corrected chi connectivity index (χ2v) is 78.5. The maximum atomic E-state index is 7.39. The molecule has 0 aromatic carbocycles. The zero-order valence-electron chi connectivity index (χ0n) is 45.7. The van der Waals surface area contributed by atoms with Crippen LogP contribution in [0.3, 0.4) is 0 Å². The smallest absolute Gasteiger partial charge is 0.437 e. The van der Waals surface area contributed by atoms with E-state index in [1.807, 2.05) is 0 Å². The van der Waals surface area contributed by atoms with Crippen molar-refractivity contribution >= 4 is 110 Å². The van der Waals surface area contributed by atoms with Crippen molar-refractivity contribution in [1.29, 1.82) is 0 Å². The van der Waals surface area contributed by atoms with Crippen LogP contribution in [-0.2, 0) is 41.2 Å². The first kappa shape index (κ1) is 63.4. The van der Waals surface area contributed by atoms with Crippen molar-refractivity contribution in [2.24, 2.45) is 0 Å². The molecule has 0 heterocycles. The summed E-state index contributed by atoms with van der Waals surface area (Å²) in [6.07, 6.45) is 0. The van der Waals surface area contributed by atoms with Gasteiger partial charge in [-0.05, 0) is 204 Å². The molecule has 0 aliphatic rings. The van der Waals surface area contributed by atoms with Gasteiger partial charge in [-0.3, -0.25) is 0 Å². The van der Waals surface area contributed by atoms with Crippen LogP contribution in [0.2, 0.25) is 204 Å². The van der Waals surface area contributed by atoms with Crippen molar-refractivity contribution in [2.45, 2.75) is 246 Å². The Balaban J connectivity index is 6.37. The van der Waals surface area contributed by atoms with Crippen molar-refractivity contribution in [1.82, 2.24) is 0 Å². The molecule has 0 aliphatic heterocycles. The number of hydrogen-bond donors (Lipinski definition) is 0. The Morgan fingerprint density at radius 3 is 0.475 bits per heavy atom. The molecule has 0 bridgehead atoms. The van der Waals surface area contributed by atoms with Crippen molar-refractivity contribution in [2.75, 3.05) is 0 Å². The average molecular weight is 1090 g/mol. The molecule has 23 heteroatoms. The van der Waals surface area contributed by atoms with Crippen LogP contribution < -0.4 is 0 Å². The van der Waals surface area contributed by atoms with Crippen molar-refractivity contribution < 1.29 is 41.2 Å². The van der Waals surface area contributed by atoms with E-state index in [9.17, 15) is 0 Å². The Morgan fingerprint density at radius 2 is 0.328 bits per heavy atom. The van der Waals surface area contributed by atoms with Gasteiger partial charge in [0.2, 0.25) is 0 Å². The monoisotopic (exact) mass is 1080 g/mol. The SMILES string of the molecule is CC[Si](C)(C)O[Si](O[Si](C)(C)CC)(O[Si](C)(C)CC)O[Si](C)(C)CC[Si](C)(C)O[Si](C)(C)O[Si](C)(C)CC[Si](C)(C)O[Si](O[Si](C)(C)CC)(O[Si](C)(C)CC)O[Si](C)(C)CC. The van der Waals surface area contributed by atoms with Crippen LogP contribution in [0.5, 0.6) is 0 Å². The molecular formula is C38H104O10Si13. The van der Waals surface area contributed by atoms with E-state index in [0.29, 0.717) is 0 Å². The predicted octanol–water partition coefficient (Wildman–Crippen LogP) is 14.9. The normalized spacial score (nSPS) is 15.5. The van der Waals surface area contributed by atoms with E-state index in [1.54, 1.807) is 0 Å². The molecule has 0 amide bonds. The highest BCUT2D eigenvalue weighted by Gasteiger charge is 2.59. The first-order valence-corrected chi connectivity index (χ1v) is 61.1. The van der Waals surface area contributed by atoms with E-state index < -0.39 is 110 Å². The molecule has 0 spiro atoms. The fraction of sp³-hybridized carbons (Fsp3) is 1.00. The highest BCUT2D eigenvalue weighted by atomic mass is 28.6. The molecule has 0 atom stereocenters. The van der Waals surface area contributed by atoms with Crippen LogP contribution in [0.25, 0.3) is 0 Å². The summed E-state index contributed by atoms with van der Waals surface area (Å²) in [6.45, 7) is 64.1. The van der Waals surface area contributed by atoms with Gasteiger partial charge in [-0.1, -0.05) is 41.5 Å². The molecule has 368 valence electrons. The minimum Gasteiger partial charge on any atom is -0.437 e. The van der Waals surface area contributed by atoms with Gasteiger partial charge in [0, 0.05) is 0 Å². The summed E-state index contributed by atoms with van der Waals surface area (Å²) >= 11 is 0. The fourth-order valence-corrected chi connectivity index (χ4v) is 60.2. The molecule has 0 aromatic heterocycles. The lowest BCUT2D eigenvalue weighted by atomic mass is 10.9. The lowest BCUT2D eigenvalue weighted by Crippen LogP contribution is -2.66. The summed E-state index contributed by atoms with van der Waals surface area (Å²) in [5.74, 6) is 0. The van der Waals surface area contributed by atoms with E-state index in [2.05, 4.69) is 186 Å². The Hall–Kier alpha value is 2.42. The molecule has 0 radical (unpaired) electrons. The van der Waals surface area contributed by atoms with E-state index in [0.717, 1.165) is 60.4 Å². The van der Waals surface area contributed by atoms with Crippen LogP contribution in [-0.4, -0.2) is 110 Å². The summed E-state index contributed by atoms with van der Waals surface area (Å²) in [5.41, 5.74) is 0. The zero-order valence-corrected chi connectivity index (χ0v) is 58.7. The molecule has 0 aliphatic carbocycles. The molecule has 61 heavy (non-hydrogen) atoms. The van der Waals surface area contributed by atoms with Gasteiger partial charge in [-0.25, -0.2) is 0 Å². The Labute approximate surface area is 394 Å². The van der Waals surface area contributed by atoms with Crippen molar-refractivity contribution in [3.05, 3.63) is 0 Å². The maximum absolute atomic E-state index is 7.39. The average Bonchev–Trinajstić information content (AvgIpc) is 3.03. The quantitative estimate of drug-likeness (QED) is 0.0607. The molecule has 0 rings (SSSR count). The van der Waals surface area contributed by atoms with Gasteiger partial charge in [0.1, 0.15) is 0 Å². The first-order chi connectivity index (χ1) is 26.8. The van der Waals surface area contributed by atoms with Gasteiger partial charge in [-0.15, -0.1) is 0 Å². The highest BCUT2D eigenvalue weighted by Crippen LogP contribution is 2.38. The Bertz CT molecular complexity index is 1140. The largest absolute Gasteiger partial charge is 0.636 e. The van der Waals surface area contributed by atoms with E-state index >= 15 is 0 Å². The third kappa shape index (κ3) is 25.6. The van der Waals surface area contributed by atoms with Gasteiger partial charge < -0.3 is 41.2 Å². The van der Waals surface area contributed by atoms with Gasteiger partial charge in [0.05, 0.1) is 0 Å². The molecule has 0 N–H and O–H groups in total. The molecule has 0 unspecified atom stereocenters. The van der Waals surface area contributed by atoms with Gasteiger partial charge in [-0.2, -0.15) is 0 Å². The molecule has 0 saturated heterocycles. The highest BCUT2D eigenvalue weighted by molar-refractivity contribution is 6.95. The lowest BCUT2D eigenvalue weighted by molar-refractivity contribution is 0.143. The molecule has 0 fully saturated rings. The van der Waals surface area contributed by atoms with Crippen LogP contribution in [0.1, 0.15) is 41.5 Å². The van der Waals surface area contributed by atoms with E-state index in [4.69, 9.17) is 41.2 Å². The van der Waals surface area contributed by atoms with E-state index in [-0.39, 0.29) is 0 Å². The van der Waals surface area contributed by atoms with E-state index in [1.165, 1.54) is 0 Å². The molecule has 10 nitrogen and oxygen atoms in total. The third-order valence-electron chi connectivity index (χ3n) is 12.0. The molecule has 0 aromatic rings. The summed E-state index contributed by atoms with van der Waals surface area (Å²) in [7, 11) is -31.1. The predicted molar refractivity (Wildman–Crippen MR) is 297 cm³/mol. The Kier molecular flexibility index (Phi) is 24.3. The van der Waals surface area contributed by atoms with Crippen molar-refractivity contribution in [3.63, 3.8) is 0 Å². The van der Waals surface area contributed by atoms with Crippen LogP contribution in [0.15, 0.2) is 0 Å². The minimum atomic E-state index is -3.47. The Morgan fingerprint density at radius 1 is 0.197 bits per heavy atom. The number of hydrogen-bond acceptors (Lipinski definition) is 10. The second kappa shape index (κ2) is 23.4. The second-order valence-electron chi connectivity index (χ2n) is 24.1. The molecule has 0 saturated carbocycles. The summed E-state index contributed by atoms with van der Waals surface area (Å²) in [5, 5.41) is 0. The van der Waals surface area contributed by atoms with Crippen LogP contribution in [0.4, 0.5) is 0 Å². The summed E-state index contributed by atoms with van der Waals surface area (Å²) in [6, 6.07) is 9.80. The molecular weight excluding hydrogens is 982 g/mol. The van der Waals surface area contributed by atoms with Gasteiger partial charge in [0.15, 0.2) is 83.2 Å². The zero-order chi connectivity index (χ0) is 48.6. The topological polar surface area (TPSA) is 92.3 Å². The maximum Gasteiger partial charge on any atom is 0.636 e. The third-order valence-corrected chi connectivity index (χ3v) is 63.1. The standard InChI is InChI=1S/C38H104O10Si13/c1-29-49(7,8)41-60(42-50(9,10)30-2,43-51(11,12)31-3)47-57(23,24)37-35-55(19,20)39-59(27,28)40-56(21,22)36-38-58(25,26)48-61(44-52(13,14)32-4,45-53(15,16)33-5)46-54(17,18)34-6/h29-38H2,1-28H3. The van der Waals surface area contributed by atoms with Gasteiger partial charge >= 0.3 is 26.7 Å². The van der Waals surface area contributed by atoms with Crippen molar-refractivity contribution in [3.8, 4) is 0 Å². The van der Waals surface area contributed by atoms with Crippen LogP contribution in [0, 0.1) is 0 Å². The van der Waals surface area contributed by atoms with Gasteiger partial charge in [0.25, 0.3) is 0 Å². The first-order valence-electron chi connectivity index (χ1n) is 23.9. The summed E-state index contributed by atoms with van der Waals surface area (Å²) in [4.78, 5) is 0. The summed E-state index contributed by atoms with van der Waals surface area (Å²) < 4.78 is 72.3. The lowest BCUT2D eigenvalue weighted by Gasteiger charge is -2.46.